The van der Waals surface area contributed by atoms with Gasteiger partial charge in [0.1, 0.15) is 0 Å². The third kappa shape index (κ3) is 3.17. The van der Waals surface area contributed by atoms with Crippen molar-refractivity contribution in [3.05, 3.63) is 23.8 Å². The fourth-order valence-corrected chi connectivity index (χ4v) is 2.29. The molecule has 1 aromatic rings. The van der Waals surface area contributed by atoms with Crippen LogP contribution in [-0.2, 0) is 11.2 Å². The summed E-state index contributed by atoms with van der Waals surface area (Å²) >= 11 is 0. The second-order valence-electron chi connectivity index (χ2n) is 4.75. The van der Waals surface area contributed by atoms with Crippen LogP contribution in [-0.4, -0.2) is 44.2 Å². The highest BCUT2D eigenvalue weighted by atomic mass is 16.5. The van der Waals surface area contributed by atoms with Gasteiger partial charge in [-0.25, -0.2) is 0 Å². The maximum Gasteiger partial charge on any atom is 0.227 e. The fourth-order valence-electron chi connectivity index (χ4n) is 2.29. The number of ether oxygens (including phenoxy) is 2. The molecule has 1 saturated heterocycles. The highest BCUT2D eigenvalue weighted by Crippen LogP contribution is 2.28. The highest BCUT2D eigenvalue weighted by molar-refractivity contribution is 5.79. The van der Waals surface area contributed by atoms with Gasteiger partial charge in [0, 0.05) is 19.1 Å². The van der Waals surface area contributed by atoms with Gasteiger partial charge < -0.3 is 20.1 Å². The fraction of sp³-hybridized carbons (Fsp3) is 0.500. The molecular weight excluding hydrogens is 244 g/mol. The molecule has 0 aliphatic carbocycles. The molecule has 19 heavy (non-hydrogen) atoms. The Morgan fingerprint density at radius 3 is 2.68 bits per heavy atom. The van der Waals surface area contributed by atoms with Crippen LogP contribution < -0.4 is 15.2 Å². The molecule has 1 aliphatic rings. The van der Waals surface area contributed by atoms with Gasteiger partial charge in [-0.1, -0.05) is 6.07 Å². The second-order valence-corrected chi connectivity index (χ2v) is 4.75. The van der Waals surface area contributed by atoms with E-state index in [1.54, 1.807) is 14.2 Å². The van der Waals surface area contributed by atoms with Crippen LogP contribution in [0, 0.1) is 0 Å². The molecule has 5 nitrogen and oxygen atoms in total. The van der Waals surface area contributed by atoms with Crippen molar-refractivity contribution >= 4 is 5.91 Å². The molecule has 1 aromatic carbocycles. The van der Waals surface area contributed by atoms with Gasteiger partial charge in [0.2, 0.25) is 5.91 Å². The Balaban J connectivity index is 2.04. The first-order valence-corrected chi connectivity index (χ1v) is 6.38. The molecule has 0 spiro atoms. The van der Waals surface area contributed by atoms with Gasteiger partial charge in [0.25, 0.3) is 0 Å². The largest absolute Gasteiger partial charge is 0.493 e. The number of carbonyl (C=O) groups is 1. The molecule has 1 fully saturated rings. The zero-order valence-corrected chi connectivity index (χ0v) is 11.4. The van der Waals surface area contributed by atoms with Crippen molar-refractivity contribution in [2.24, 2.45) is 5.73 Å². The molecule has 1 atom stereocenters. The molecule has 1 unspecified atom stereocenters. The molecule has 1 heterocycles. The summed E-state index contributed by atoms with van der Waals surface area (Å²) in [4.78, 5) is 13.9. The quantitative estimate of drug-likeness (QED) is 0.874. The van der Waals surface area contributed by atoms with E-state index in [0.29, 0.717) is 24.5 Å². The summed E-state index contributed by atoms with van der Waals surface area (Å²) in [6.07, 6.45) is 1.25. The number of hydrogen-bond donors (Lipinski definition) is 1. The number of carbonyl (C=O) groups excluding carboxylic acids is 1. The van der Waals surface area contributed by atoms with Gasteiger partial charge in [-0.3, -0.25) is 4.79 Å². The van der Waals surface area contributed by atoms with E-state index in [-0.39, 0.29) is 11.9 Å². The Bertz CT molecular complexity index is 462. The van der Waals surface area contributed by atoms with E-state index in [1.807, 2.05) is 23.1 Å². The molecule has 1 aliphatic heterocycles. The second kappa shape index (κ2) is 5.93. The number of hydrogen-bond acceptors (Lipinski definition) is 4. The Labute approximate surface area is 113 Å². The Hall–Kier alpha value is -1.75. The lowest BCUT2D eigenvalue weighted by Gasteiger charge is -2.16. The van der Waals surface area contributed by atoms with Crippen LogP contribution in [0.4, 0.5) is 0 Å². The molecule has 104 valence electrons. The van der Waals surface area contributed by atoms with Gasteiger partial charge in [-0.2, -0.15) is 0 Å². The Morgan fingerprint density at radius 1 is 1.37 bits per heavy atom. The minimum absolute atomic E-state index is 0.111. The van der Waals surface area contributed by atoms with Crippen molar-refractivity contribution < 1.29 is 14.3 Å². The van der Waals surface area contributed by atoms with Crippen molar-refractivity contribution in [2.75, 3.05) is 27.3 Å². The summed E-state index contributed by atoms with van der Waals surface area (Å²) in [5, 5.41) is 0. The van der Waals surface area contributed by atoms with Gasteiger partial charge in [0.15, 0.2) is 11.5 Å². The monoisotopic (exact) mass is 264 g/mol. The highest BCUT2D eigenvalue weighted by Gasteiger charge is 2.23. The average molecular weight is 264 g/mol. The van der Waals surface area contributed by atoms with Crippen molar-refractivity contribution in [3.8, 4) is 11.5 Å². The Kier molecular flexibility index (Phi) is 4.27. The van der Waals surface area contributed by atoms with E-state index in [1.165, 1.54) is 0 Å². The Morgan fingerprint density at radius 2 is 2.11 bits per heavy atom. The van der Waals surface area contributed by atoms with Crippen molar-refractivity contribution in [1.82, 2.24) is 4.90 Å². The first-order chi connectivity index (χ1) is 9.13. The van der Waals surface area contributed by atoms with E-state index in [0.717, 1.165) is 18.5 Å². The maximum absolute atomic E-state index is 12.1. The third-order valence-electron chi connectivity index (χ3n) is 3.38. The number of methoxy groups -OCH3 is 2. The van der Waals surface area contributed by atoms with Crippen LogP contribution in [0.3, 0.4) is 0 Å². The number of likely N-dealkylation sites (tertiary alicyclic amines) is 1. The molecule has 2 rings (SSSR count). The molecule has 0 radical (unpaired) electrons. The minimum atomic E-state index is 0.111. The number of nitrogens with two attached hydrogens (primary N) is 1. The SMILES string of the molecule is COc1ccc(CC(=O)N2CCC(N)C2)cc1OC. The smallest absolute Gasteiger partial charge is 0.227 e. The minimum Gasteiger partial charge on any atom is -0.493 e. The zero-order chi connectivity index (χ0) is 13.8. The summed E-state index contributed by atoms with van der Waals surface area (Å²) in [5.74, 6) is 1.42. The van der Waals surface area contributed by atoms with E-state index < -0.39 is 0 Å². The summed E-state index contributed by atoms with van der Waals surface area (Å²) in [5.41, 5.74) is 6.73. The lowest BCUT2D eigenvalue weighted by Crippen LogP contribution is -2.32. The standard InChI is InChI=1S/C14H20N2O3/c1-18-12-4-3-10(7-13(12)19-2)8-14(17)16-6-5-11(15)9-16/h3-4,7,11H,5-6,8-9,15H2,1-2H3. The zero-order valence-electron chi connectivity index (χ0n) is 11.4. The molecule has 1 amide bonds. The van der Waals surface area contributed by atoms with Crippen molar-refractivity contribution in [3.63, 3.8) is 0 Å². The average Bonchev–Trinajstić information content (AvgIpc) is 2.85. The molecule has 5 heteroatoms. The van der Waals surface area contributed by atoms with Crippen LogP contribution >= 0.6 is 0 Å². The normalized spacial score (nSPS) is 18.5. The molecule has 2 N–H and O–H groups in total. The van der Waals surface area contributed by atoms with E-state index in [9.17, 15) is 4.79 Å². The van der Waals surface area contributed by atoms with Crippen LogP contribution in [0.2, 0.25) is 0 Å². The van der Waals surface area contributed by atoms with Crippen LogP contribution in [0.5, 0.6) is 11.5 Å². The first-order valence-electron chi connectivity index (χ1n) is 6.38. The summed E-state index contributed by atoms with van der Waals surface area (Å²) in [6.45, 7) is 1.42. The summed E-state index contributed by atoms with van der Waals surface area (Å²) in [7, 11) is 3.18. The van der Waals surface area contributed by atoms with Crippen molar-refractivity contribution in [2.45, 2.75) is 18.9 Å². The van der Waals surface area contributed by atoms with Crippen LogP contribution in [0.1, 0.15) is 12.0 Å². The molecule has 0 aromatic heterocycles. The topological polar surface area (TPSA) is 64.8 Å². The van der Waals surface area contributed by atoms with Gasteiger partial charge in [-0.05, 0) is 24.1 Å². The first kappa shape index (κ1) is 13.7. The maximum atomic E-state index is 12.1. The van der Waals surface area contributed by atoms with E-state index in [4.69, 9.17) is 15.2 Å². The van der Waals surface area contributed by atoms with Crippen LogP contribution in [0.25, 0.3) is 0 Å². The van der Waals surface area contributed by atoms with E-state index >= 15 is 0 Å². The molecule has 0 bridgehead atoms. The number of amides is 1. The number of benzene rings is 1. The molecule has 0 saturated carbocycles. The van der Waals surface area contributed by atoms with Crippen molar-refractivity contribution in [1.29, 1.82) is 0 Å². The third-order valence-corrected chi connectivity index (χ3v) is 3.38. The summed E-state index contributed by atoms with van der Waals surface area (Å²) in [6, 6.07) is 5.66. The predicted octanol–water partition coefficient (Wildman–Crippen LogP) is 0.806. The lowest BCUT2D eigenvalue weighted by molar-refractivity contribution is -0.129. The lowest BCUT2D eigenvalue weighted by atomic mass is 10.1. The summed E-state index contributed by atoms with van der Waals surface area (Å²) < 4.78 is 10.4. The van der Waals surface area contributed by atoms with Gasteiger partial charge >= 0.3 is 0 Å². The van der Waals surface area contributed by atoms with Crippen LogP contribution in [0.15, 0.2) is 18.2 Å². The van der Waals surface area contributed by atoms with Gasteiger partial charge in [0.05, 0.1) is 20.6 Å². The predicted molar refractivity (Wildman–Crippen MR) is 72.4 cm³/mol. The van der Waals surface area contributed by atoms with E-state index in [2.05, 4.69) is 0 Å². The van der Waals surface area contributed by atoms with Gasteiger partial charge in [-0.15, -0.1) is 0 Å². The number of nitrogens with zero attached hydrogens (tertiary/aromatic N) is 1. The molecular formula is C14H20N2O3. The number of rotatable bonds is 4.